The van der Waals surface area contributed by atoms with Crippen LogP contribution in [0.25, 0.3) is 0 Å². The third-order valence-electron chi connectivity index (χ3n) is 3.81. The Kier molecular flexibility index (Phi) is 7.68. The summed E-state index contributed by atoms with van der Waals surface area (Å²) < 4.78 is 10.8. The van der Waals surface area contributed by atoms with Gasteiger partial charge >= 0.3 is 6.03 Å². The maximum absolute atomic E-state index is 12.5. The number of methoxy groups -OCH3 is 1. The van der Waals surface area contributed by atoms with Gasteiger partial charge in [-0.2, -0.15) is 0 Å². The van der Waals surface area contributed by atoms with Crippen molar-refractivity contribution in [2.75, 3.05) is 19.0 Å². The van der Waals surface area contributed by atoms with E-state index in [1.165, 1.54) is 0 Å². The lowest BCUT2D eigenvalue weighted by Gasteiger charge is -2.12. The van der Waals surface area contributed by atoms with Crippen molar-refractivity contribution >= 4 is 17.6 Å². The minimum atomic E-state index is -0.233. The van der Waals surface area contributed by atoms with Gasteiger partial charge in [-0.1, -0.05) is 12.1 Å². The number of nitrogens with one attached hydrogen (secondary N) is 3. The first kappa shape index (κ1) is 21.1. The lowest BCUT2D eigenvalue weighted by molar-refractivity contribution is 0.102. The Hall–Kier alpha value is -3.22. The molecule has 0 saturated carbocycles. The van der Waals surface area contributed by atoms with Crippen molar-refractivity contribution in [3.63, 3.8) is 0 Å². The van der Waals surface area contributed by atoms with Crippen LogP contribution in [0.5, 0.6) is 11.5 Å². The minimum Gasteiger partial charge on any atom is -0.493 e. The van der Waals surface area contributed by atoms with E-state index >= 15 is 0 Å². The fourth-order valence-corrected chi connectivity index (χ4v) is 2.49. The van der Waals surface area contributed by atoms with Gasteiger partial charge in [0.2, 0.25) is 0 Å². The summed E-state index contributed by atoms with van der Waals surface area (Å²) in [4.78, 5) is 24.1. The Morgan fingerprint density at radius 1 is 1.04 bits per heavy atom. The van der Waals surface area contributed by atoms with Crippen molar-refractivity contribution in [3.8, 4) is 11.5 Å². The zero-order valence-electron chi connectivity index (χ0n) is 16.7. The van der Waals surface area contributed by atoms with Crippen molar-refractivity contribution in [3.05, 3.63) is 53.6 Å². The Morgan fingerprint density at radius 2 is 1.75 bits per heavy atom. The lowest BCUT2D eigenvalue weighted by Crippen LogP contribution is -2.39. The first-order valence-electron chi connectivity index (χ1n) is 9.18. The molecule has 0 aliphatic heterocycles. The highest BCUT2D eigenvalue weighted by atomic mass is 16.5. The van der Waals surface area contributed by atoms with E-state index in [9.17, 15) is 9.59 Å². The summed E-state index contributed by atoms with van der Waals surface area (Å²) >= 11 is 0. The van der Waals surface area contributed by atoms with Crippen molar-refractivity contribution in [2.24, 2.45) is 0 Å². The maximum Gasteiger partial charge on any atom is 0.315 e. The quantitative estimate of drug-likeness (QED) is 0.648. The molecule has 0 saturated heterocycles. The summed E-state index contributed by atoms with van der Waals surface area (Å²) in [6.07, 6.45) is 0. The SMILES string of the molecule is CCOc1ccc(NC(=O)c2ccc(CNC(=O)NC(C)C)cc2)cc1OC. The zero-order chi connectivity index (χ0) is 20.5. The molecule has 0 heterocycles. The molecule has 0 aliphatic carbocycles. The fraction of sp³-hybridized carbons (Fsp3) is 0.333. The van der Waals surface area contributed by atoms with E-state index in [0.29, 0.717) is 35.9 Å². The average Bonchev–Trinajstić information content (AvgIpc) is 2.67. The van der Waals surface area contributed by atoms with Crippen LogP contribution in [0.1, 0.15) is 36.7 Å². The third-order valence-corrected chi connectivity index (χ3v) is 3.81. The molecule has 0 fully saturated rings. The summed E-state index contributed by atoms with van der Waals surface area (Å²) in [6, 6.07) is 12.2. The van der Waals surface area contributed by atoms with Gasteiger partial charge in [-0.3, -0.25) is 4.79 Å². The van der Waals surface area contributed by atoms with E-state index in [2.05, 4.69) is 16.0 Å². The molecule has 0 radical (unpaired) electrons. The van der Waals surface area contributed by atoms with Gasteiger partial charge < -0.3 is 25.4 Å². The van der Waals surface area contributed by atoms with Crippen molar-refractivity contribution in [1.82, 2.24) is 10.6 Å². The zero-order valence-corrected chi connectivity index (χ0v) is 16.7. The minimum absolute atomic E-state index is 0.0762. The Labute approximate surface area is 165 Å². The van der Waals surface area contributed by atoms with Crippen LogP contribution in [0.4, 0.5) is 10.5 Å². The smallest absolute Gasteiger partial charge is 0.315 e. The molecule has 0 bridgehead atoms. The average molecular weight is 385 g/mol. The van der Waals surface area contributed by atoms with Gasteiger partial charge in [0.1, 0.15) is 0 Å². The van der Waals surface area contributed by atoms with Crippen LogP contribution in [0.15, 0.2) is 42.5 Å². The molecule has 0 unspecified atom stereocenters. The number of anilines is 1. The Bertz CT molecular complexity index is 804. The Morgan fingerprint density at radius 3 is 2.36 bits per heavy atom. The van der Waals surface area contributed by atoms with E-state index in [1.54, 1.807) is 37.4 Å². The monoisotopic (exact) mass is 385 g/mol. The van der Waals surface area contributed by atoms with Crippen LogP contribution >= 0.6 is 0 Å². The van der Waals surface area contributed by atoms with E-state index < -0.39 is 0 Å². The topological polar surface area (TPSA) is 88.7 Å². The number of hydrogen-bond donors (Lipinski definition) is 3. The highest BCUT2D eigenvalue weighted by molar-refractivity contribution is 6.04. The molecule has 150 valence electrons. The van der Waals surface area contributed by atoms with E-state index in [1.807, 2.05) is 32.9 Å². The molecule has 2 aromatic carbocycles. The summed E-state index contributed by atoms with van der Waals surface area (Å²) in [5.41, 5.74) is 2.03. The summed E-state index contributed by atoms with van der Waals surface area (Å²) in [5, 5.41) is 8.37. The van der Waals surface area contributed by atoms with Gasteiger partial charge in [0, 0.05) is 29.9 Å². The van der Waals surface area contributed by atoms with E-state index in [0.717, 1.165) is 5.56 Å². The van der Waals surface area contributed by atoms with Crippen LogP contribution in [0.3, 0.4) is 0 Å². The number of carbonyl (C=O) groups excluding carboxylic acids is 2. The van der Waals surface area contributed by atoms with Crippen LogP contribution in [-0.4, -0.2) is 31.7 Å². The Balaban J connectivity index is 1.96. The molecule has 2 rings (SSSR count). The first-order chi connectivity index (χ1) is 13.4. The molecule has 2 aromatic rings. The molecule has 0 aromatic heterocycles. The second-order valence-corrected chi connectivity index (χ2v) is 6.43. The predicted molar refractivity (Wildman–Crippen MR) is 109 cm³/mol. The van der Waals surface area contributed by atoms with Crippen LogP contribution < -0.4 is 25.4 Å². The van der Waals surface area contributed by atoms with Crippen LogP contribution in [-0.2, 0) is 6.54 Å². The largest absolute Gasteiger partial charge is 0.493 e. The van der Waals surface area contributed by atoms with Crippen molar-refractivity contribution in [2.45, 2.75) is 33.4 Å². The highest BCUT2D eigenvalue weighted by Crippen LogP contribution is 2.30. The molecule has 0 atom stereocenters. The first-order valence-corrected chi connectivity index (χ1v) is 9.18. The summed E-state index contributed by atoms with van der Waals surface area (Å²) in [5.74, 6) is 0.949. The van der Waals surface area contributed by atoms with Gasteiger partial charge in [0.05, 0.1) is 13.7 Å². The molecule has 3 amide bonds. The second kappa shape index (κ2) is 10.2. The molecular formula is C21H27N3O4. The molecule has 3 N–H and O–H groups in total. The molecule has 0 spiro atoms. The number of carbonyl (C=O) groups is 2. The number of urea groups is 1. The molecular weight excluding hydrogens is 358 g/mol. The predicted octanol–water partition coefficient (Wildman–Crippen LogP) is 3.55. The third kappa shape index (κ3) is 6.19. The second-order valence-electron chi connectivity index (χ2n) is 6.43. The van der Waals surface area contributed by atoms with Gasteiger partial charge in [0.15, 0.2) is 11.5 Å². The molecule has 0 aliphatic rings. The fourth-order valence-electron chi connectivity index (χ4n) is 2.49. The van der Waals surface area contributed by atoms with Crippen LogP contribution in [0, 0.1) is 0 Å². The number of hydrogen-bond acceptors (Lipinski definition) is 4. The van der Waals surface area contributed by atoms with Gasteiger partial charge in [-0.15, -0.1) is 0 Å². The molecule has 7 heteroatoms. The summed E-state index contributed by atoms with van der Waals surface area (Å²) in [7, 11) is 1.55. The standard InChI is InChI=1S/C21H27N3O4/c1-5-28-18-11-10-17(12-19(18)27-4)24-20(25)16-8-6-15(7-9-16)13-22-21(26)23-14(2)3/h6-12,14H,5,13H2,1-4H3,(H,24,25)(H2,22,23,26). The highest BCUT2D eigenvalue weighted by Gasteiger charge is 2.10. The van der Waals surface area contributed by atoms with E-state index in [-0.39, 0.29) is 18.0 Å². The lowest BCUT2D eigenvalue weighted by atomic mass is 10.1. The number of ether oxygens (including phenoxy) is 2. The maximum atomic E-state index is 12.5. The van der Waals surface area contributed by atoms with Gasteiger partial charge in [-0.05, 0) is 50.6 Å². The van der Waals surface area contributed by atoms with Gasteiger partial charge in [-0.25, -0.2) is 4.79 Å². The number of rotatable bonds is 8. The normalized spacial score (nSPS) is 10.3. The molecule has 7 nitrogen and oxygen atoms in total. The van der Waals surface area contributed by atoms with E-state index in [4.69, 9.17) is 9.47 Å². The summed E-state index contributed by atoms with van der Waals surface area (Å²) in [6.45, 7) is 6.60. The number of benzene rings is 2. The van der Waals surface area contributed by atoms with Crippen molar-refractivity contribution < 1.29 is 19.1 Å². The number of amides is 3. The van der Waals surface area contributed by atoms with Crippen LogP contribution in [0.2, 0.25) is 0 Å². The molecule has 28 heavy (non-hydrogen) atoms. The van der Waals surface area contributed by atoms with Gasteiger partial charge in [0.25, 0.3) is 5.91 Å². The van der Waals surface area contributed by atoms with Crippen molar-refractivity contribution in [1.29, 1.82) is 0 Å².